The minimum atomic E-state index is -0.525. The Morgan fingerprint density at radius 3 is 2.31 bits per heavy atom. The van der Waals surface area contributed by atoms with Crippen LogP contribution >= 0.6 is 0 Å². The molecule has 0 fully saturated rings. The van der Waals surface area contributed by atoms with Crippen LogP contribution in [0, 0.1) is 13.8 Å². The highest BCUT2D eigenvalue weighted by molar-refractivity contribution is 5.98. The van der Waals surface area contributed by atoms with Gasteiger partial charge in [0.25, 0.3) is 5.91 Å². The largest absolute Gasteiger partial charge is 0.457 e. The highest BCUT2D eigenvalue weighted by Gasteiger charge is 2.16. The second-order valence-electron chi connectivity index (χ2n) is 6.33. The zero-order valence-corrected chi connectivity index (χ0v) is 15.2. The second kappa shape index (κ2) is 8.94. The minimum absolute atomic E-state index is 0.00121. The fourth-order valence-electron chi connectivity index (χ4n) is 2.40. The van der Waals surface area contributed by atoms with Gasteiger partial charge in [-0.3, -0.25) is 14.4 Å². The molecule has 5 nitrogen and oxygen atoms in total. The van der Waals surface area contributed by atoms with Crippen LogP contribution in [0.2, 0.25) is 0 Å². The van der Waals surface area contributed by atoms with Gasteiger partial charge in [0.15, 0.2) is 12.4 Å². The molecule has 0 saturated carbocycles. The molecule has 0 aliphatic carbocycles. The van der Waals surface area contributed by atoms with Gasteiger partial charge in [0.2, 0.25) is 0 Å². The van der Waals surface area contributed by atoms with Crippen molar-refractivity contribution in [3.63, 3.8) is 0 Å². The summed E-state index contributed by atoms with van der Waals surface area (Å²) in [6.45, 7) is 5.30. The lowest BCUT2D eigenvalue weighted by Gasteiger charge is -2.13. The number of carbonyl (C=O) groups is 3. The zero-order chi connectivity index (χ0) is 19.1. The normalized spacial score (nSPS) is 11.5. The van der Waals surface area contributed by atoms with Crippen LogP contribution in [0.25, 0.3) is 0 Å². The van der Waals surface area contributed by atoms with Crippen LogP contribution in [0.4, 0.5) is 0 Å². The number of hydrogen-bond acceptors (Lipinski definition) is 4. The maximum atomic E-state index is 12.1. The Balaban J connectivity index is 1.79. The number of Topliss-reactive ketones (excluding diaryl/α,β-unsaturated/α-hetero) is 1. The van der Waals surface area contributed by atoms with E-state index >= 15 is 0 Å². The topological polar surface area (TPSA) is 72.5 Å². The monoisotopic (exact) mass is 353 g/mol. The fraction of sp³-hybridized carbons (Fsp3) is 0.286. The van der Waals surface area contributed by atoms with E-state index < -0.39 is 12.0 Å². The van der Waals surface area contributed by atoms with Crippen molar-refractivity contribution in [3.05, 3.63) is 70.8 Å². The van der Waals surface area contributed by atoms with Crippen LogP contribution in [0.3, 0.4) is 0 Å². The van der Waals surface area contributed by atoms with Gasteiger partial charge >= 0.3 is 5.97 Å². The molecular weight excluding hydrogens is 330 g/mol. The summed E-state index contributed by atoms with van der Waals surface area (Å²) in [6, 6.07) is 13.7. The Kier molecular flexibility index (Phi) is 6.67. The Morgan fingerprint density at radius 1 is 0.962 bits per heavy atom. The smallest absolute Gasteiger partial charge is 0.308 e. The molecule has 26 heavy (non-hydrogen) atoms. The molecule has 136 valence electrons. The number of esters is 1. The molecule has 2 aromatic carbocycles. The lowest BCUT2D eigenvalue weighted by molar-refractivity contribution is -0.142. The van der Waals surface area contributed by atoms with Crippen molar-refractivity contribution in [1.82, 2.24) is 5.32 Å². The molecule has 0 aliphatic heterocycles. The number of nitrogens with one attached hydrogen (secondary N) is 1. The van der Waals surface area contributed by atoms with E-state index in [0.29, 0.717) is 11.1 Å². The summed E-state index contributed by atoms with van der Waals surface area (Å²) in [5, 5.41) is 2.74. The van der Waals surface area contributed by atoms with Gasteiger partial charge in [-0.1, -0.05) is 30.3 Å². The molecule has 2 rings (SSSR count). The number of amides is 1. The van der Waals surface area contributed by atoms with E-state index in [1.807, 2.05) is 26.0 Å². The minimum Gasteiger partial charge on any atom is -0.457 e. The molecule has 2 aromatic rings. The van der Waals surface area contributed by atoms with Crippen LogP contribution < -0.4 is 5.32 Å². The van der Waals surface area contributed by atoms with Crippen molar-refractivity contribution in [2.75, 3.05) is 6.61 Å². The quantitative estimate of drug-likeness (QED) is 0.613. The highest BCUT2D eigenvalue weighted by Crippen LogP contribution is 2.11. The van der Waals surface area contributed by atoms with E-state index in [1.54, 1.807) is 43.3 Å². The number of aryl methyl sites for hydroxylation is 2. The van der Waals surface area contributed by atoms with Gasteiger partial charge in [0.05, 0.1) is 6.42 Å². The number of benzene rings is 2. The van der Waals surface area contributed by atoms with Gasteiger partial charge in [-0.2, -0.15) is 0 Å². The van der Waals surface area contributed by atoms with Crippen LogP contribution in [0.15, 0.2) is 48.5 Å². The number of carbonyl (C=O) groups excluding carboxylic acids is 3. The summed E-state index contributed by atoms with van der Waals surface area (Å²) < 4.78 is 5.05. The van der Waals surface area contributed by atoms with E-state index in [2.05, 4.69) is 5.32 Å². The average molecular weight is 353 g/mol. The summed E-state index contributed by atoms with van der Waals surface area (Å²) in [5.74, 6) is -1.03. The number of ether oxygens (including phenoxy) is 1. The van der Waals surface area contributed by atoms with E-state index in [1.165, 1.54) is 0 Å². The van der Waals surface area contributed by atoms with Gasteiger partial charge in [0, 0.05) is 17.2 Å². The maximum absolute atomic E-state index is 12.1. The van der Waals surface area contributed by atoms with Crippen molar-refractivity contribution in [1.29, 1.82) is 0 Å². The molecule has 1 unspecified atom stereocenters. The molecule has 0 aliphatic rings. The number of ketones is 1. The molecule has 0 saturated heterocycles. The molecule has 0 bridgehead atoms. The average Bonchev–Trinajstić information content (AvgIpc) is 2.62. The molecular formula is C21H23NO4. The summed E-state index contributed by atoms with van der Waals surface area (Å²) in [5.41, 5.74) is 3.16. The zero-order valence-electron chi connectivity index (χ0n) is 15.2. The SMILES string of the molecule is Cc1ccc(C(=O)COC(=O)CC(C)NC(=O)c2ccccc2)cc1C. The van der Waals surface area contributed by atoms with Crippen molar-refractivity contribution in [2.45, 2.75) is 33.2 Å². The number of hydrogen-bond donors (Lipinski definition) is 1. The molecule has 0 spiro atoms. The third-order valence-electron chi connectivity index (χ3n) is 4.08. The van der Waals surface area contributed by atoms with Crippen LogP contribution in [-0.4, -0.2) is 30.3 Å². The third kappa shape index (κ3) is 5.55. The molecule has 1 amide bonds. The van der Waals surface area contributed by atoms with Crippen LogP contribution in [-0.2, 0) is 9.53 Å². The molecule has 5 heteroatoms. The first-order valence-corrected chi connectivity index (χ1v) is 8.49. The second-order valence-corrected chi connectivity index (χ2v) is 6.33. The van der Waals surface area contributed by atoms with Crippen molar-refractivity contribution in [2.24, 2.45) is 0 Å². The summed E-state index contributed by atoms with van der Waals surface area (Å²) >= 11 is 0. The third-order valence-corrected chi connectivity index (χ3v) is 4.08. The molecule has 0 radical (unpaired) electrons. The van der Waals surface area contributed by atoms with Gasteiger partial charge in [-0.25, -0.2) is 0 Å². The maximum Gasteiger partial charge on any atom is 0.308 e. The van der Waals surface area contributed by atoms with Gasteiger partial charge in [0.1, 0.15) is 0 Å². The lowest BCUT2D eigenvalue weighted by Crippen LogP contribution is -2.34. The summed E-state index contributed by atoms with van der Waals surface area (Å²) in [7, 11) is 0. The Morgan fingerprint density at radius 2 is 1.65 bits per heavy atom. The van der Waals surface area contributed by atoms with Gasteiger partial charge in [-0.15, -0.1) is 0 Å². The first-order chi connectivity index (χ1) is 12.4. The molecule has 1 N–H and O–H groups in total. The van der Waals surface area contributed by atoms with Crippen molar-refractivity contribution < 1.29 is 19.1 Å². The first kappa shape index (κ1) is 19.4. The van der Waals surface area contributed by atoms with E-state index in [-0.39, 0.29) is 24.7 Å². The van der Waals surface area contributed by atoms with Crippen molar-refractivity contribution >= 4 is 17.7 Å². The molecule has 1 atom stereocenters. The van der Waals surface area contributed by atoms with Crippen LogP contribution in [0.5, 0.6) is 0 Å². The predicted octanol–water partition coefficient (Wildman–Crippen LogP) is 3.24. The Hall–Kier alpha value is -2.95. The Labute approximate surface area is 153 Å². The van der Waals surface area contributed by atoms with Gasteiger partial charge < -0.3 is 10.1 Å². The van der Waals surface area contributed by atoms with Crippen molar-refractivity contribution in [3.8, 4) is 0 Å². The summed E-state index contributed by atoms with van der Waals surface area (Å²) in [6.07, 6.45) is -0.00121. The standard InChI is InChI=1S/C21H23NO4/c1-14-9-10-18(11-15(14)2)19(23)13-26-20(24)12-16(3)22-21(25)17-7-5-4-6-8-17/h4-11,16H,12-13H2,1-3H3,(H,22,25). The lowest BCUT2D eigenvalue weighted by atomic mass is 10.0. The molecule has 0 heterocycles. The summed E-state index contributed by atoms with van der Waals surface area (Å²) in [4.78, 5) is 36.0. The fourth-order valence-corrected chi connectivity index (χ4v) is 2.40. The predicted molar refractivity (Wildman–Crippen MR) is 99.2 cm³/mol. The molecule has 0 aromatic heterocycles. The van der Waals surface area contributed by atoms with E-state index in [0.717, 1.165) is 11.1 Å². The van der Waals surface area contributed by atoms with Crippen LogP contribution in [0.1, 0.15) is 45.2 Å². The Bertz CT molecular complexity index is 799. The number of rotatable bonds is 7. The van der Waals surface area contributed by atoms with Gasteiger partial charge in [-0.05, 0) is 50.1 Å². The highest BCUT2D eigenvalue weighted by atomic mass is 16.5. The van der Waals surface area contributed by atoms with E-state index in [9.17, 15) is 14.4 Å². The first-order valence-electron chi connectivity index (χ1n) is 8.49. The van der Waals surface area contributed by atoms with E-state index in [4.69, 9.17) is 4.74 Å².